The molecule has 1 saturated carbocycles. The SMILES string of the molecule is NCC1CCC(C(=O)N[C@H](Cc2ccc3cccnc3c2)C(=O)NCCCC[C@H](NC(=O)N[C@@H](CCC(=O)O)C(=O)O)C(=O)O)CC1. The molecule has 0 radical (unpaired) electrons. The van der Waals surface area contributed by atoms with Gasteiger partial charge in [-0.05, 0) is 81.5 Å². The second kappa shape index (κ2) is 18.4. The van der Waals surface area contributed by atoms with Crippen molar-refractivity contribution >= 4 is 46.7 Å². The van der Waals surface area contributed by atoms with Crippen molar-refractivity contribution in [3.63, 3.8) is 0 Å². The second-order valence-electron chi connectivity index (χ2n) is 11.9. The lowest BCUT2D eigenvalue weighted by atomic mass is 9.81. The van der Waals surface area contributed by atoms with Gasteiger partial charge in [0.2, 0.25) is 11.8 Å². The lowest BCUT2D eigenvalue weighted by molar-refractivity contribution is -0.141. The first-order valence-corrected chi connectivity index (χ1v) is 15.8. The fraction of sp³-hybridized carbons (Fsp3) is 0.531. The number of amides is 4. The number of urea groups is 1. The van der Waals surface area contributed by atoms with Crippen molar-refractivity contribution in [2.75, 3.05) is 13.1 Å². The predicted octanol–water partition coefficient (Wildman–Crippen LogP) is 1.38. The summed E-state index contributed by atoms with van der Waals surface area (Å²) in [6, 6.07) is 4.70. The molecular formula is C32H44N6O9. The molecule has 256 valence electrons. The number of carboxylic acids is 3. The molecule has 4 amide bonds. The molecule has 1 aromatic heterocycles. The molecule has 3 rings (SSSR count). The Morgan fingerprint density at radius 3 is 2.17 bits per heavy atom. The van der Waals surface area contributed by atoms with Gasteiger partial charge in [0.15, 0.2) is 0 Å². The third-order valence-electron chi connectivity index (χ3n) is 8.37. The van der Waals surface area contributed by atoms with E-state index >= 15 is 0 Å². The molecule has 1 heterocycles. The number of carbonyl (C=O) groups is 6. The number of fused-ring (bicyclic) bond motifs is 1. The Morgan fingerprint density at radius 1 is 0.851 bits per heavy atom. The van der Waals surface area contributed by atoms with E-state index in [0.29, 0.717) is 31.7 Å². The topological polar surface area (TPSA) is 250 Å². The van der Waals surface area contributed by atoms with Gasteiger partial charge in [0.1, 0.15) is 18.1 Å². The summed E-state index contributed by atoms with van der Waals surface area (Å²) in [5, 5.41) is 38.5. The highest BCUT2D eigenvalue weighted by Crippen LogP contribution is 2.28. The lowest BCUT2D eigenvalue weighted by Gasteiger charge is -2.28. The minimum atomic E-state index is -1.50. The molecule has 0 unspecified atom stereocenters. The Morgan fingerprint density at radius 2 is 1.53 bits per heavy atom. The number of nitrogens with two attached hydrogens (primary N) is 1. The zero-order chi connectivity index (χ0) is 34.3. The van der Waals surface area contributed by atoms with Gasteiger partial charge < -0.3 is 42.3 Å². The van der Waals surface area contributed by atoms with E-state index in [9.17, 15) is 39.0 Å². The molecule has 0 aliphatic heterocycles. The Kier molecular flexibility index (Phi) is 14.3. The number of pyridine rings is 1. The van der Waals surface area contributed by atoms with Crippen LogP contribution in [0, 0.1) is 11.8 Å². The van der Waals surface area contributed by atoms with Crippen LogP contribution in [0.15, 0.2) is 36.5 Å². The van der Waals surface area contributed by atoms with Crippen molar-refractivity contribution in [3.8, 4) is 0 Å². The van der Waals surface area contributed by atoms with Gasteiger partial charge in [-0.15, -0.1) is 0 Å². The molecule has 1 fully saturated rings. The van der Waals surface area contributed by atoms with E-state index in [4.69, 9.17) is 10.8 Å². The molecule has 3 atom stereocenters. The summed E-state index contributed by atoms with van der Waals surface area (Å²) in [5.41, 5.74) is 7.38. The predicted molar refractivity (Wildman–Crippen MR) is 170 cm³/mol. The van der Waals surface area contributed by atoms with Gasteiger partial charge in [0, 0.05) is 36.9 Å². The zero-order valence-corrected chi connectivity index (χ0v) is 26.2. The van der Waals surface area contributed by atoms with Gasteiger partial charge in [0.25, 0.3) is 0 Å². The molecule has 1 aliphatic rings. The normalized spacial score (nSPS) is 17.9. The largest absolute Gasteiger partial charge is 0.481 e. The van der Waals surface area contributed by atoms with Crippen LogP contribution >= 0.6 is 0 Å². The number of carboxylic acid groups (broad SMARTS) is 3. The first-order chi connectivity index (χ1) is 22.5. The van der Waals surface area contributed by atoms with Crippen LogP contribution in [0.4, 0.5) is 4.79 Å². The van der Waals surface area contributed by atoms with Gasteiger partial charge in [-0.1, -0.05) is 18.2 Å². The maximum atomic E-state index is 13.3. The van der Waals surface area contributed by atoms with Gasteiger partial charge in [-0.2, -0.15) is 0 Å². The van der Waals surface area contributed by atoms with E-state index in [1.54, 1.807) is 6.20 Å². The molecule has 0 spiro atoms. The molecular weight excluding hydrogens is 612 g/mol. The number of nitrogens with zero attached hydrogens (tertiary/aromatic N) is 1. The number of hydrogen-bond acceptors (Lipinski definition) is 8. The minimum Gasteiger partial charge on any atom is -0.481 e. The van der Waals surface area contributed by atoms with E-state index < -0.39 is 48.5 Å². The number of hydrogen-bond donors (Lipinski definition) is 8. The number of nitrogens with one attached hydrogen (secondary N) is 4. The Labute approximate surface area is 272 Å². The number of aliphatic carboxylic acids is 3. The Hall–Kier alpha value is -4.79. The first-order valence-electron chi connectivity index (χ1n) is 15.8. The summed E-state index contributed by atoms with van der Waals surface area (Å²) >= 11 is 0. The van der Waals surface area contributed by atoms with Crippen molar-refractivity contribution in [1.82, 2.24) is 26.3 Å². The third kappa shape index (κ3) is 12.2. The molecule has 1 aromatic carbocycles. The Balaban J connectivity index is 1.54. The van der Waals surface area contributed by atoms with E-state index in [0.717, 1.165) is 29.3 Å². The van der Waals surface area contributed by atoms with Crippen LogP contribution in [-0.2, 0) is 30.4 Å². The fourth-order valence-electron chi connectivity index (χ4n) is 5.58. The highest BCUT2D eigenvalue weighted by Gasteiger charge is 2.30. The first kappa shape index (κ1) is 36.7. The molecule has 9 N–H and O–H groups in total. The fourth-order valence-corrected chi connectivity index (χ4v) is 5.58. The average Bonchev–Trinajstić information content (AvgIpc) is 3.05. The van der Waals surface area contributed by atoms with E-state index in [2.05, 4.69) is 26.3 Å². The van der Waals surface area contributed by atoms with E-state index in [1.165, 1.54) is 0 Å². The number of carbonyl (C=O) groups excluding carboxylic acids is 3. The maximum absolute atomic E-state index is 13.3. The molecule has 0 bridgehead atoms. The van der Waals surface area contributed by atoms with Crippen molar-refractivity contribution in [1.29, 1.82) is 0 Å². The maximum Gasteiger partial charge on any atom is 0.326 e. The third-order valence-corrected chi connectivity index (χ3v) is 8.37. The summed E-state index contributed by atoms with van der Waals surface area (Å²) < 4.78 is 0. The van der Waals surface area contributed by atoms with Crippen LogP contribution in [0.2, 0.25) is 0 Å². The van der Waals surface area contributed by atoms with E-state index in [-0.39, 0.29) is 50.0 Å². The van der Waals surface area contributed by atoms with Gasteiger partial charge >= 0.3 is 23.9 Å². The minimum absolute atomic E-state index is 0.0127. The van der Waals surface area contributed by atoms with Crippen molar-refractivity contribution < 1.29 is 44.1 Å². The average molecular weight is 657 g/mol. The number of benzene rings is 1. The van der Waals surface area contributed by atoms with Crippen LogP contribution in [0.25, 0.3) is 10.9 Å². The van der Waals surface area contributed by atoms with Crippen molar-refractivity contribution in [2.45, 2.75) is 82.3 Å². The molecule has 15 nitrogen and oxygen atoms in total. The second-order valence-corrected chi connectivity index (χ2v) is 11.9. The van der Waals surface area contributed by atoms with E-state index in [1.807, 2.05) is 30.3 Å². The van der Waals surface area contributed by atoms with Crippen molar-refractivity contribution in [3.05, 3.63) is 42.1 Å². The number of rotatable bonds is 18. The van der Waals surface area contributed by atoms with Gasteiger partial charge in [0.05, 0.1) is 5.52 Å². The summed E-state index contributed by atoms with van der Waals surface area (Å²) in [6.45, 7) is 0.770. The molecule has 15 heteroatoms. The molecule has 47 heavy (non-hydrogen) atoms. The lowest BCUT2D eigenvalue weighted by Crippen LogP contribution is -2.51. The van der Waals surface area contributed by atoms with Crippen LogP contribution in [0.1, 0.15) is 63.4 Å². The summed E-state index contributed by atoms with van der Waals surface area (Å²) in [6.07, 6.45) is 4.83. The van der Waals surface area contributed by atoms with Crippen LogP contribution in [0.3, 0.4) is 0 Å². The number of unbranched alkanes of at least 4 members (excludes halogenated alkanes) is 1. The van der Waals surface area contributed by atoms with Gasteiger partial charge in [-0.25, -0.2) is 14.4 Å². The smallest absolute Gasteiger partial charge is 0.326 e. The molecule has 2 aromatic rings. The zero-order valence-electron chi connectivity index (χ0n) is 26.2. The molecule has 0 saturated heterocycles. The summed E-state index contributed by atoms with van der Waals surface area (Å²) in [4.78, 5) is 76.9. The van der Waals surface area contributed by atoms with Crippen molar-refractivity contribution in [2.24, 2.45) is 17.6 Å². The highest BCUT2D eigenvalue weighted by molar-refractivity contribution is 5.89. The quantitative estimate of drug-likeness (QED) is 0.106. The monoisotopic (exact) mass is 656 g/mol. The Bertz CT molecular complexity index is 1410. The highest BCUT2D eigenvalue weighted by atomic mass is 16.4. The van der Waals surface area contributed by atoms with Gasteiger partial charge in [-0.3, -0.25) is 19.4 Å². The van der Waals surface area contributed by atoms with Crippen LogP contribution in [0.5, 0.6) is 0 Å². The summed E-state index contributed by atoms with van der Waals surface area (Å²) in [7, 11) is 0. The van der Waals surface area contributed by atoms with Crippen LogP contribution in [-0.4, -0.2) is 87.3 Å². The molecule has 1 aliphatic carbocycles. The number of aromatic nitrogens is 1. The standard InChI is InChI=1S/C32H44N6O9/c33-18-19-6-10-22(11-7-19)28(41)36-26(17-20-8-9-21-4-3-15-34-25(21)16-20)29(42)35-14-2-1-5-23(30(43)44)37-32(47)38-24(31(45)46)12-13-27(39)40/h3-4,8-9,15-16,19,22-24,26H,1-2,5-7,10-14,17-18,33H2,(H,35,42)(H,36,41)(H,39,40)(H,43,44)(H,45,46)(H2,37,38,47)/t19?,22?,23-,24-,26+/m0/s1. The summed E-state index contributed by atoms with van der Waals surface area (Å²) in [5.74, 6) is -4.39. The van der Waals surface area contributed by atoms with Crippen LogP contribution < -0.4 is 27.0 Å².